The second-order valence-electron chi connectivity index (χ2n) is 4.41. The highest BCUT2D eigenvalue weighted by Crippen LogP contribution is 2.31. The molecule has 3 N–H and O–H groups in total. The lowest BCUT2D eigenvalue weighted by Gasteiger charge is -2.19. The number of carboxylic acid groups (broad SMARTS) is 1. The predicted molar refractivity (Wildman–Crippen MR) is 62.3 cm³/mol. The van der Waals surface area contributed by atoms with E-state index in [0.717, 1.165) is 5.56 Å². The van der Waals surface area contributed by atoms with Gasteiger partial charge in [0.25, 0.3) is 0 Å². The highest BCUT2D eigenvalue weighted by Gasteiger charge is 2.28. The van der Waals surface area contributed by atoms with Crippen molar-refractivity contribution in [1.82, 2.24) is 0 Å². The first kappa shape index (κ1) is 12.7. The topological polar surface area (TPSA) is 94.8 Å². The van der Waals surface area contributed by atoms with Crippen molar-refractivity contribution >= 4 is 11.8 Å². The smallest absolute Gasteiger partial charge is 0.306 e. The van der Waals surface area contributed by atoms with Crippen LogP contribution in [0, 0.1) is 0 Å². The van der Waals surface area contributed by atoms with Crippen molar-refractivity contribution in [1.29, 1.82) is 0 Å². The molecule has 1 aromatic carbocycles. The highest BCUT2D eigenvalue weighted by molar-refractivity contribution is 6.00. The van der Waals surface area contributed by atoms with Gasteiger partial charge in [0.2, 0.25) is 0 Å². The lowest BCUT2D eigenvalue weighted by atomic mass is 9.95. The van der Waals surface area contributed by atoms with Crippen LogP contribution in [-0.2, 0) is 11.2 Å². The third kappa shape index (κ3) is 2.27. The van der Waals surface area contributed by atoms with E-state index in [1.807, 2.05) is 0 Å². The molecule has 0 fully saturated rings. The molecular formula is C13H14O5. The molecule has 0 heterocycles. The molecule has 18 heavy (non-hydrogen) atoms. The van der Waals surface area contributed by atoms with Gasteiger partial charge in [-0.05, 0) is 17.5 Å². The molecule has 0 aromatic heterocycles. The van der Waals surface area contributed by atoms with Gasteiger partial charge in [-0.15, -0.1) is 0 Å². The number of benzene rings is 1. The van der Waals surface area contributed by atoms with Crippen LogP contribution in [0.1, 0.15) is 40.4 Å². The zero-order valence-corrected chi connectivity index (χ0v) is 9.67. The second-order valence-corrected chi connectivity index (χ2v) is 4.41. The Morgan fingerprint density at radius 2 is 2.00 bits per heavy atom. The molecule has 2 unspecified atom stereocenters. The van der Waals surface area contributed by atoms with E-state index in [9.17, 15) is 19.8 Å². The van der Waals surface area contributed by atoms with E-state index in [-0.39, 0.29) is 5.78 Å². The number of aliphatic hydroxyl groups excluding tert-OH is 2. The number of Topliss-reactive ketones (excluding diaryl/α,β-unsaturated/α-hetero) is 1. The van der Waals surface area contributed by atoms with Crippen molar-refractivity contribution < 1.29 is 24.9 Å². The Morgan fingerprint density at radius 1 is 1.28 bits per heavy atom. The molecule has 0 radical (unpaired) electrons. The molecule has 5 heteroatoms. The van der Waals surface area contributed by atoms with Crippen molar-refractivity contribution in [3.8, 4) is 0 Å². The van der Waals surface area contributed by atoms with Gasteiger partial charge in [-0.1, -0.05) is 18.2 Å². The fraction of sp³-hybridized carbons (Fsp3) is 0.385. The molecule has 0 spiro atoms. The van der Waals surface area contributed by atoms with Crippen molar-refractivity contribution in [2.75, 3.05) is 0 Å². The van der Waals surface area contributed by atoms with Crippen LogP contribution in [0.15, 0.2) is 18.2 Å². The number of hydrogen-bond acceptors (Lipinski definition) is 4. The summed E-state index contributed by atoms with van der Waals surface area (Å²) in [5.74, 6) is -1.16. The Hall–Kier alpha value is -1.72. The maximum atomic E-state index is 11.5. The zero-order valence-electron chi connectivity index (χ0n) is 9.67. The molecule has 1 aliphatic carbocycles. The first-order valence-corrected chi connectivity index (χ1v) is 5.73. The van der Waals surface area contributed by atoms with Crippen molar-refractivity contribution in [2.45, 2.75) is 31.5 Å². The van der Waals surface area contributed by atoms with Crippen LogP contribution in [0.4, 0.5) is 0 Å². The summed E-state index contributed by atoms with van der Waals surface area (Å²) in [5, 5.41) is 28.2. The van der Waals surface area contributed by atoms with E-state index in [0.29, 0.717) is 24.0 Å². The Kier molecular flexibility index (Phi) is 3.45. The number of carbonyl (C=O) groups excluding carboxylic acids is 1. The summed E-state index contributed by atoms with van der Waals surface area (Å²) in [7, 11) is 0. The Balaban J connectivity index is 2.29. The molecular weight excluding hydrogens is 236 g/mol. The Bertz CT molecular complexity index is 494. The fourth-order valence-electron chi connectivity index (χ4n) is 2.29. The van der Waals surface area contributed by atoms with E-state index in [1.165, 1.54) is 0 Å². The van der Waals surface area contributed by atoms with Gasteiger partial charge in [0, 0.05) is 12.0 Å². The van der Waals surface area contributed by atoms with E-state index in [4.69, 9.17) is 5.11 Å². The molecule has 5 nitrogen and oxygen atoms in total. The quantitative estimate of drug-likeness (QED) is 0.730. The minimum Gasteiger partial charge on any atom is -0.481 e. The third-order valence-electron chi connectivity index (χ3n) is 3.18. The summed E-state index contributed by atoms with van der Waals surface area (Å²) in [4.78, 5) is 22.1. The minimum atomic E-state index is -1.37. The third-order valence-corrected chi connectivity index (χ3v) is 3.18. The lowest BCUT2D eigenvalue weighted by molar-refractivity contribution is -0.141. The first-order valence-electron chi connectivity index (χ1n) is 5.73. The van der Waals surface area contributed by atoms with Crippen molar-refractivity contribution in [2.24, 2.45) is 0 Å². The summed E-state index contributed by atoms with van der Waals surface area (Å²) in [5.41, 5.74) is 1.74. The largest absolute Gasteiger partial charge is 0.481 e. The first-order chi connectivity index (χ1) is 8.50. The normalized spacial score (nSPS) is 17.3. The standard InChI is InChI=1S/C13H14O5/c14-10-5-4-7-8(10)2-1-3-9(7)13(18)11(15)6-12(16)17/h1-3,11,13,15,18H,4-6H2,(H,16,17). The van der Waals surface area contributed by atoms with Crippen LogP contribution in [0.3, 0.4) is 0 Å². The Morgan fingerprint density at radius 3 is 2.67 bits per heavy atom. The van der Waals surface area contributed by atoms with E-state index < -0.39 is 24.6 Å². The van der Waals surface area contributed by atoms with Gasteiger partial charge >= 0.3 is 5.97 Å². The number of aliphatic hydroxyl groups is 2. The predicted octanol–water partition coefficient (Wildman–Crippen LogP) is 0.685. The molecule has 0 saturated heterocycles. The molecule has 1 aromatic rings. The average Bonchev–Trinajstić information content (AvgIpc) is 2.69. The van der Waals surface area contributed by atoms with Gasteiger partial charge in [-0.25, -0.2) is 0 Å². The number of carbonyl (C=O) groups is 2. The summed E-state index contributed by atoms with van der Waals surface area (Å²) < 4.78 is 0. The number of carboxylic acids is 1. The van der Waals surface area contributed by atoms with Crippen LogP contribution in [-0.4, -0.2) is 33.2 Å². The molecule has 2 atom stereocenters. The number of ketones is 1. The summed E-state index contributed by atoms with van der Waals surface area (Å²) in [6.45, 7) is 0. The van der Waals surface area contributed by atoms with Gasteiger partial charge in [0.1, 0.15) is 6.10 Å². The van der Waals surface area contributed by atoms with Crippen LogP contribution in [0.5, 0.6) is 0 Å². The summed E-state index contributed by atoms with van der Waals surface area (Å²) >= 11 is 0. The molecule has 2 rings (SSSR count). The van der Waals surface area contributed by atoms with Crippen molar-refractivity contribution in [3.05, 3.63) is 34.9 Å². The summed E-state index contributed by atoms with van der Waals surface area (Å²) in [6.07, 6.45) is -2.25. The number of hydrogen-bond donors (Lipinski definition) is 3. The van der Waals surface area contributed by atoms with Gasteiger partial charge in [0.15, 0.2) is 5.78 Å². The van der Waals surface area contributed by atoms with E-state index >= 15 is 0 Å². The maximum Gasteiger partial charge on any atom is 0.306 e. The number of aliphatic carboxylic acids is 1. The lowest BCUT2D eigenvalue weighted by Crippen LogP contribution is -2.22. The van der Waals surface area contributed by atoms with Crippen LogP contribution in [0.25, 0.3) is 0 Å². The molecule has 96 valence electrons. The van der Waals surface area contributed by atoms with E-state index in [1.54, 1.807) is 18.2 Å². The average molecular weight is 250 g/mol. The summed E-state index contributed by atoms with van der Waals surface area (Å²) in [6, 6.07) is 4.94. The van der Waals surface area contributed by atoms with Gasteiger partial charge < -0.3 is 15.3 Å². The maximum absolute atomic E-state index is 11.5. The molecule has 0 aliphatic heterocycles. The van der Waals surface area contributed by atoms with Crippen LogP contribution < -0.4 is 0 Å². The highest BCUT2D eigenvalue weighted by atomic mass is 16.4. The second kappa shape index (κ2) is 4.88. The van der Waals surface area contributed by atoms with Crippen LogP contribution in [0.2, 0.25) is 0 Å². The number of fused-ring (bicyclic) bond motifs is 1. The van der Waals surface area contributed by atoms with Crippen molar-refractivity contribution in [3.63, 3.8) is 0 Å². The molecule has 0 saturated carbocycles. The van der Waals surface area contributed by atoms with Gasteiger partial charge in [-0.2, -0.15) is 0 Å². The monoisotopic (exact) mass is 250 g/mol. The van der Waals surface area contributed by atoms with Crippen LogP contribution >= 0.6 is 0 Å². The van der Waals surface area contributed by atoms with Gasteiger partial charge in [-0.3, -0.25) is 9.59 Å². The molecule has 0 amide bonds. The fourth-order valence-corrected chi connectivity index (χ4v) is 2.29. The molecule has 1 aliphatic rings. The van der Waals surface area contributed by atoms with Gasteiger partial charge in [0.05, 0.1) is 12.5 Å². The zero-order chi connectivity index (χ0) is 13.3. The minimum absolute atomic E-state index is 0.0202. The Labute approximate surface area is 104 Å². The number of rotatable bonds is 4. The molecule has 0 bridgehead atoms. The SMILES string of the molecule is O=C(O)CC(O)C(O)c1cccc2c1CCC2=O. The van der Waals surface area contributed by atoms with E-state index in [2.05, 4.69) is 0 Å².